The largest absolute Gasteiger partial charge is 0.421 e. The summed E-state index contributed by atoms with van der Waals surface area (Å²) in [5.74, 6) is -5.03. The molecule has 2 aliphatic rings. The van der Waals surface area contributed by atoms with Gasteiger partial charge >= 0.3 is 5.92 Å². The highest BCUT2D eigenvalue weighted by Crippen LogP contribution is 2.55. The summed E-state index contributed by atoms with van der Waals surface area (Å²) in [4.78, 5) is 14.7. The smallest absolute Gasteiger partial charge is 0.352 e. The van der Waals surface area contributed by atoms with Gasteiger partial charge in [-0.3, -0.25) is 4.79 Å². The SMILES string of the molecule is CC1(C)CC(C)(C)CC(O)(C(F)(F)C(=O)N2CCC[C@H]2c2nnc(CO[Si](c3ccccc3)(c3ccccc3)C(C)(C)C)o2)C1. The number of alkyl halides is 2. The fourth-order valence-corrected chi connectivity index (χ4v) is 12.8. The monoisotopic (exact) mass is 639 g/mol. The molecule has 0 radical (unpaired) electrons. The van der Waals surface area contributed by atoms with Crippen molar-refractivity contribution in [3.63, 3.8) is 0 Å². The van der Waals surface area contributed by atoms with E-state index in [0.29, 0.717) is 19.3 Å². The number of nitrogens with zero attached hydrogens (tertiary/aromatic N) is 3. The van der Waals surface area contributed by atoms with E-state index in [1.165, 1.54) is 0 Å². The summed E-state index contributed by atoms with van der Waals surface area (Å²) in [6.07, 6.45) is 1.28. The second-order valence-electron chi connectivity index (χ2n) is 15.6. The van der Waals surface area contributed by atoms with E-state index in [1.807, 2.05) is 64.1 Å². The summed E-state index contributed by atoms with van der Waals surface area (Å²) in [5, 5.41) is 21.8. The number of carbonyl (C=O) groups excluding carboxylic acids is 1. The van der Waals surface area contributed by atoms with Crippen LogP contribution in [0.1, 0.15) is 98.4 Å². The summed E-state index contributed by atoms with van der Waals surface area (Å²) in [7, 11) is -2.88. The molecule has 0 unspecified atom stereocenters. The Hall–Kier alpha value is -2.95. The van der Waals surface area contributed by atoms with Crippen molar-refractivity contribution in [1.82, 2.24) is 15.1 Å². The Labute approximate surface area is 266 Å². The van der Waals surface area contributed by atoms with Crippen molar-refractivity contribution in [2.45, 2.75) is 110 Å². The maximum Gasteiger partial charge on any atom is 0.352 e. The summed E-state index contributed by atoms with van der Waals surface area (Å²) in [5.41, 5.74) is -3.54. The molecule has 1 N–H and O–H groups in total. The molecule has 0 spiro atoms. The second kappa shape index (κ2) is 11.7. The molecule has 1 amide bonds. The molecule has 1 aromatic heterocycles. The zero-order chi connectivity index (χ0) is 32.9. The quantitative estimate of drug-likeness (QED) is 0.287. The lowest BCUT2D eigenvalue weighted by Gasteiger charge is -2.51. The first kappa shape index (κ1) is 33.4. The number of rotatable bonds is 8. The van der Waals surface area contributed by atoms with Gasteiger partial charge in [0, 0.05) is 6.54 Å². The van der Waals surface area contributed by atoms with Crippen LogP contribution < -0.4 is 10.4 Å². The van der Waals surface area contributed by atoms with Crippen LogP contribution in [0.4, 0.5) is 8.78 Å². The van der Waals surface area contributed by atoms with Crippen molar-refractivity contribution in [2.75, 3.05) is 6.54 Å². The maximum atomic E-state index is 16.1. The van der Waals surface area contributed by atoms with Crippen molar-refractivity contribution in [3.8, 4) is 0 Å². The number of carbonyl (C=O) groups is 1. The predicted molar refractivity (Wildman–Crippen MR) is 172 cm³/mol. The summed E-state index contributed by atoms with van der Waals surface area (Å²) in [6, 6.07) is 19.6. The van der Waals surface area contributed by atoms with Crippen LogP contribution in [0.15, 0.2) is 65.1 Å². The Balaban J connectivity index is 1.40. The van der Waals surface area contributed by atoms with Gasteiger partial charge in [-0.1, -0.05) is 109 Å². The van der Waals surface area contributed by atoms with Crippen LogP contribution in [0.5, 0.6) is 0 Å². The number of hydrogen-bond acceptors (Lipinski definition) is 6. The fourth-order valence-electron chi connectivity index (χ4n) is 8.33. The minimum atomic E-state index is -3.97. The van der Waals surface area contributed by atoms with Crippen molar-refractivity contribution in [1.29, 1.82) is 0 Å². The minimum Gasteiger partial charge on any atom is -0.421 e. The number of hydrogen-bond donors (Lipinski definition) is 1. The number of likely N-dealkylation sites (tertiary alicyclic amines) is 1. The number of aliphatic hydroxyl groups is 1. The molecule has 3 aromatic rings. The Morgan fingerprint density at radius 2 is 1.49 bits per heavy atom. The maximum absolute atomic E-state index is 16.1. The first-order valence-corrected chi connectivity index (χ1v) is 17.8. The lowest BCUT2D eigenvalue weighted by molar-refractivity contribution is -0.231. The van der Waals surface area contributed by atoms with Gasteiger partial charge in [0.05, 0.1) is 0 Å². The van der Waals surface area contributed by atoms with E-state index in [2.05, 4.69) is 55.2 Å². The molecule has 1 saturated heterocycles. The third-order valence-corrected chi connectivity index (χ3v) is 14.4. The number of amides is 1. The molecule has 5 rings (SSSR count). The molecule has 1 saturated carbocycles. The van der Waals surface area contributed by atoms with E-state index >= 15 is 8.78 Å². The van der Waals surface area contributed by atoms with Crippen LogP contribution in [-0.4, -0.2) is 52.5 Å². The molecule has 2 aromatic carbocycles. The van der Waals surface area contributed by atoms with Gasteiger partial charge in [-0.25, -0.2) is 0 Å². The fraction of sp³-hybridized carbons (Fsp3) is 0.571. The average Bonchev–Trinajstić information content (AvgIpc) is 3.61. The van der Waals surface area contributed by atoms with Gasteiger partial charge in [0.1, 0.15) is 18.2 Å². The van der Waals surface area contributed by atoms with Gasteiger partial charge in [0.15, 0.2) is 0 Å². The molecule has 10 heteroatoms. The van der Waals surface area contributed by atoms with Gasteiger partial charge in [-0.2, -0.15) is 8.78 Å². The number of aromatic nitrogens is 2. The van der Waals surface area contributed by atoms with Gasteiger partial charge in [0.25, 0.3) is 14.2 Å². The first-order chi connectivity index (χ1) is 20.9. The average molecular weight is 640 g/mol. The zero-order valence-electron chi connectivity index (χ0n) is 27.6. The highest BCUT2D eigenvalue weighted by Gasteiger charge is 2.65. The lowest BCUT2D eigenvalue weighted by Crippen LogP contribution is -2.66. The van der Waals surface area contributed by atoms with Gasteiger partial charge in [0.2, 0.25) is 11.8 Å². The molecular weight excluding hydrogens is 592 g/mol. The zero-order valence-corrected chi connectivity index (χ0v) is 28.6. The van der Waals surface area contributed by atoms with Crippen molar-refractivity contribution in [3.05, 3.63) is 72.4 Å². The summed E-state index contributed by atoms with van der Waals surface area (Å²) >= 11 is 0. The molecule has 1 aliphatic carbocycles. The Bertz CT molecular complexity index is 1430. The normalized spacial score (nSPS) is 21.6. The van der Waals surface area contributed by atoms with Gasteiger partial charge in [-0.05, 0) is 58.3 Å². The standard InChI is InChI=1S/C35H47F2N3O4Si/c1-31(2,3)45(25-15-10-8-11-16-25,26-17-12-9-13-18-26)43-21-28-38-39-29(44-28)27-19-14-20-40(27)30(41)35(36,37)34(42)23-32(4,5)22-33(6,7)24-34/h8-13,15-18,27,42H,14,19-24H2,1-7H3/t27-/m0/s1. The molecule has 45 heavy (non-hydrogen) atoms. The Kier molecular flexibility index (Phi) is 8.68. The molecule has 1 aliphatic heterocycles. The molecular formula is C35H47F2N3O4Si. The first-order valence-electron chi connectivity index (χ1n) is 15.9. The molecule has 1 atom stereocenters. The number of benzene rings is 2. The van der Waals surface area contributed by atoms with Gasteiger partial charge in [-0.15, -0.1) is 10.2 Å². The second-order valence-corrected chi connectivity index (χ2v) is 19.9. The van der Waals surface area contributed by atoms with Crippen molar-refractivity contribution >= 4 is 24.6 Å². The van der Waals surface area contributed by atoms with Crippen LogP contribution >= 0.6 is 0 Å². The highest BCUT2D eigenvalue weighted by molar-refractivity contribution is 6.99. The Morgan fingerprint density at radius 3 is 2.00 bits per heavy atom. The summed E-state index contributed by atoms with van der Waals surface area (Å²) < 4.78 is 45.1. The van der Waals surface area contributed by atoms with Crippen LogP contribution in [-0.2, 0) is 15.8 Å². The molecule has 2 heterocycles. The third kappa shape index (κ3) is 6.25. The highest BCUT2D eigenvalue weighted by atomic mass is 28.4. The van der Waals surface area contributed by atoms with E-state index in [4.69, 9.17) is 8.84 Å². The van der Waals surface area contributed by atoms with Crippen LogP contribution in [0, 0.1) is 10.8 Å². The van der Waals surface area contributed by atoms with Crippen LogP contribution in [0.3, 0.4) is 0 Å². The van der Waals surface area contributed by atoms with E-state index in [-0.39, 0.29) is 42.8 Å². The topological polar surface area (TPSA) is 88.7 Å². The van der Waals surface area contributed by atoms with Gasteiger partial charge < -0.3 is 18.8 Å². The molecule has 0 bridgehead atoms. The molecule has 244 valence electrons. The number of halogens is 2. The third-order valence-electron chi connectivity index (χ3n) is 9.46. The summed E-state index contributed by atoms with van der Waals surface area (Å²) in [6.45, 7) is 14.1. The van der Waals surface area contributed by atoms with Crippen LogP contribution in [0.2, 0.25) is 5.04 Å². The van der Waals surface area contributed by atoms with Crippen LogP contribution in [0.25, 0.3) is 0 Å². The van der Waals surface area contributed by atoms with E-state index in [1.54, 1.807) is 0 Å². The van der Waals surface area contributed by atoms with Crippen molar-refractivity contribution in [2.24, 2.45) is 10.8 Å². The Morgan fingerprint density at radius 1 is 0.956 bits per heavy atom. The van der Waals surface area contributed by atoms with E-state index in [0.717, 1.165) is 15.3 Å². The molecule has 2 fully saturated rings. The van der Waals surface area contributed by atoms with E-state index in [9.17, 15) is 9.90 Å². The lowest BCUT2D eigenvalue weighted by atomic mass is 9.58. The van der Waals surface area contributed by atoms with Crippen molar-refractivity contribution < 1.29 is 27.5 Å². The minimum absolute atomic E-state index is 0.0288. The van der Waals surface area contributed by atoms with E-state index < -0.39 is 42.6 Å². The molecule has 7 nitrogen and oxygen atoms in total. The predicted octanol–water partition coefficient (Wildman–Crippen LogP) is 6.41.